The van der Waals surface area contributed by atoms with Gasteiger partial charge < -0.3 is 14.5 Å². The summed E-state index contributed by atoms with van der Waals surface area (Å²) in [5.74, 6) is 2.02. The van der Waals surface area contributed by atoms with Gasteiger partial charge in [0.2, 0.25) is 0 Å². The van der Waals surface area contributed by atoms with E-state index in [0.717, 1.165) is 25.4 Å². The monoisotopic (exact) mass is 430 g/mol. The van der Waals surface area contributed by atoms with Gasteiger partial charge in [0.25, 0.3) is 0 Å². The molecule has 2 aliphatic heterocycles. The molecule has 3 fully saturated rings. The van der Waals surface area contributed by atoms with Crippen molar-refractivity contribution in [3.63, 3.8) is 0 Å². The van der Waals surface area contributed by atoms with Gasteiger partial charge in [-0.15, -0.1) is 0 Å². The van der Waals surface area contributed by atoms with Gasteiger partial charge in [0.05, 0.1) is 16.7 Å². The molecule has 1 saturated carbocycles. The molecule has 2 heterocycles. The molecule has 2 aromatic carbocycles. The van der Waals surface area contributed by atoms with Crippen LogP contribution >= 0.6 is 23.2 Å². The number of likely N-dealkylation sites (N-methyl/N-ethyl adjacent to an activating group) is 1. The van der Waals surface area contributed by atoms with Crippen molar-refractivity contribution in [3.8, 4) is 5.75 Å². The van der Waals surface area contributed by atoms with Crippen LogP contribution in [0.15, 0.2) is 42.5 Å². The highest BCUT2D eigenvalue weighted by atomic mass is 35.5. The van der Waals surface area contributed by atoms with Crippen LogP contribution < -0.4 is 9.64 Å². The molecule has 3 aliphatic rings. The van der Waals surface area contributed by atoms with Crippen LogP contribution in [0.4, 0.5) is 5.69 Å². The summed E-state index contributed by atoms with van der Waals surface area (Å²) in [7, 11) is 0. The Morgan fingerprint density at radius 2 is 1.79 bits per heavy atom. The molecule has 0 radical (unpaired) electrons. The highest BCUT2D eigenvalue weighted by Gasteiger charge is 2.69. The van der Waals surface area contributed by atoms with Gasteiger partial charge in [0.15, 0.2) is 0 Å². The fraction of sp³-hybridized carbons (Fsp3) is 0.500. The molecule has 0 aromatic heterocycles. The van der Waals surface area contributed by atoms with Gasteiger partial charge in [0, 0.05) is 49.3 Å². The van der Waals surface area contributed by atoms with E-state index in [-0.39, 0.29) is 5.41 Å². The lowest BCUT2D eigenvalue weighted by Crippen LogP contribution is -2.30. The van der Waals surface area contributed by atoms with Crippen molar-refractivity contribution < 1.29 is 4.74 Å². The van der Waals surface area contributed by atoms with Crippen LogP contribution in [-0.4, -0.2) is 44.2 Å². The lowest BCUT2D eigenvalue weighted by atomic mass is 9.92. The fourth-order valence-corrected chi connectivity index (χ4v) is 5.87. The molecule has 0 spiro atoms. The minimum Gasteiger partial charge on any atom is -0.493 e. The first-order chi connectivity index (χ1) is 14.1. The number of fused-ring (bicyclic) bond motifs is 1. The van der Waals surface area contributed by atoms with Crippen LogP contribution in [0.1, 0.15) is 25.3 Å². The van der Waals surface area contributed by atoms with Crippen molar-refractivity contribution in [2.45, 2.75) is 25.2 Å². The molecule has 1 aliphatic carbocycles. The molecule has 2 aromatic rings. The molecular weight excluding hydrogens is 403 g/mol. The van der Waals surface area contributed by atoms with E-state index in [1.54, 1.807) is 6.07 Å². The van der Waals surface area contributed by atoms with E-state index in [4.69, 9.17) is 27.9 Å². The highest BCUT2D eigenvalue weighted by molar-refractivity contribution is 6.42. The van der Waals surface area contributed by atoms with E-state index in [1.165, 1.54) is 43.7 Å². The van der Waals surface area contributed by atoms with Crippen LogP contribution in [0.25, 0.3) is 0 Å². The van der Waals surface area contributed by atoms with Crippen molar-refractivity contribution in [3.05, 3.63) is 58.1 Å². The van der Waals surface area contributed by atoms with E-state index in [9.17, 15) is 0 Å². The topological polar surface area (TPSA) is 15.7 Å². The molecule has 0 N–H and O–H groups in total. The normalized spacial score (nSPS) is 28.6. The lowest BCUT2D eigenvalue weighted by molar-refractivity contribution is 0.232. The van der Waals surface area contributed by atoms with Gasteiger partial charge >= 0.3 is 0 Å². The number of benzene rings is 2. The molecule has 3 atom stereocenters. The maximum absolute atomic E-state index is 6.15. The zero-order valence-corrected chi connectivity index (χ0v) is 18.4. The second kappa shape index (κ2) is 7.68. The van der Waals surface area contributed by atoms with Gasteiger partial charge in [-0.1, -0.05) is 42.3 Å². The first-order valence-corrected chi connectivity index (χ1v) is 11.5. The van der Waals surface area contributed by atoms with Crippen LogP contribution in [0.2, 0.25) is 10.0 Å². The molecule has 5 heteroatoms. The number of likely N-dealkylation sites (tertiary alicyclic amines) is 1. The van der Waals surface area contributed by atoms with E-state index in [1.807, 2.05) is 12.1 Å². The van der Waals surface area contributed by atoms with Crippen molar-refractivity contribution >= 4 is 28.9 Å². The second-order valence-corrected chi connectivity index (χ2v) is 9.52. The summed E-state index contributed by atoms with van der Waals surface area (Å²) < 4.78 is 6.15. The average molecular weight is 431 g/mol. The minimum atomic E-state index is 0.232. The van der Waals surface area contributed by atoms with Gasteiger partial charge in [-0.05, 0) is 55.1 Å². The molecule has 0 amide bonds. The summed E-state index contributed by atoms with van der Waals surface area (Å²) in [5.41, 5.74) is 3.08. The first-order valence-electron chi connectivity index (χ1n) is 10.8. The predicted octanol–water partition coefficient (Wildman–Crippen LogP) is 5.49. The number of hydrogen-bond donors (Lipinski definition) is 0. The number of halogens is 2. The lowest BCUT2D eigenvalue weighted by Gasteiger charge is -2.24. The number of piperidine rings is 1. The summed E-state index contributed by atoms with van der Waals surface area (Å²) in [6.07, 6.45) is 2.63. The third-order valence-corrected chi connectivity index (χ3v) is 8.02. The van der Waals surface area contributed by atoms with E-state index in [2.05, 4.69) is 41.0 Å². The van der Waals surface area contributed by atoms with Gasteiger partial charge in [-0.3, -0.25) is 0 Å². The molecule has 3 nitrogen and oxygen atoms in total. The summed E-state index contributed by atoms with van der Waals surface area (Å²) in [6.45, 7) is 8.79. The van der Waals surface area contributed by atoms with Crippen molar-refractivity contribution in [1.82, 2.24) is 4.90 Å². The Hall–Kier alpha value is -1.42. The minimum absolute atomic E-state index is 0.232. The second-order valence-electron chi connectivity index (χ2n) is 8.71. The van der Waals surface area contributed by atoms with Crippen molar-refractivity contribution in [1.29, 1.82) is 0 Å². The molecule has 2 saturated heterocycles. The predicted molar refractivity (Wildman–Crippen MR) is 121 cm³/mol. The maximum atomic E-state index is 6.15. The van der Waals surface area contributed by atoms with Crippen LogP contribution in [-0.2, 0) is 5.41 Å². The third kappa shape index (κ3) is 3.41. The Morgan fingerprint density at radius 3 is 2.48 bits per heavy atom. The van der Waals surface area contributed by atoms with Crippen LogP contribution in [0.3, 0.4) is 0 Å². The highest BCUT2D eigenvalue weighted by Crippen LogP contribution is 2.64. The van der Waals surface area contributed by atoms with E-state index in [0.29, 0.717) is 21.9 Å². The van der Waals surface area contributed by atoms with Crippen molar-refractivity contribution in [2.75, 3.05) is 44.2 Å². The zero-order chi connectivity index (χ0) is 20.0. The molecule has 5 rings (SSSR count). The maximum Gasteiger partial charge on any atom is 0.120 e. The van der Waals surface area contributed by atoms with E-state index >= 15 is 0 Å². The quantitative estimate of drug-likeness (QED) is 0.602. The number of ether oxygens (including phenoxy) is 1. The zero-order valence-electron chi connectivity index (χ0n) is 16.9. The number of rotatable bonds is 6. The summed E-state index contributed by atoms with van der Waals surface area (Å²) in [4.78, 5) is 5.08. The smallest absolute Gasteiger partial charge is 0.120 e. The largest absolute Gasteiger partial charge is 0.493 e. The summed E-state index contributed by atoms with van der Waals surface area (Å²) in [6, 6.07) is 14.9. The van der Waals surface area contributed by atoms with Gasteiger partial charge in [-0.2, -0.15) is 0 Å². The molecule has 29 heavy (non-hydrogen) atoms. The Bertz CT molecular complexity index is 881. The van der Waals surface area contributed by atoms with E-state index < -0.39 is 0 Å². The summed E-state index contributed by atoms with van der Waals surface area (Å²) >= 11 is 12.2. The van der Waals surface area contributed by atoms with Crippen LogP contribution in [0, 0.1) is 11.8 Å². The SMILES string of the molecule is CCN1CC2C(COc3ccc(Cl)c(Cl)c3)C2(c2ccc(N3CCCC3)cc2)C1. The van der Waals surface area contributed by atoms with Gasteiger partial charge in [0.1, 0.15) is 5.75 Å². The number of nitrogens with zero attached hydrogens (tertiary/aromatic N) is 2. The molecule has 154 valence electrons. The van der Waals surface area contributed by atoms with Gasteiger partial charge in [-0.25, -0.2) is 0 Å². The average Bonchev–Trinajstić information content (AvgIpc) is 3.15. The fourth-order valence-electron chi connectivity index (χ4n) is 5.58. The first kappa shape index (κ1) is 19.5. The Labute approximate surface area is 183 Å². The van der Waals surface area contributed by atoms with Crippen molar-refractivity contribution in [2.24, 2.45) is 11.8 Å². The Morgan fingerprint density at radius 1 is 1.03 bits per heavy atom. The number of hydrogen-bond acceptors (Lipinski definition) is 3. The standard InChI is InChI=1S/C24H28Cl2N2O/c1-2-27-14-20-21(15-29-19-9-10-22(25)23(26)13-19)24(20,16-27)17-5-7-18(8-6-17)28-11-3-4-12-28/h5-10,13,20-21H,2-4,11-12,14-16H2,1H3. The molecule has 3 unspecified atom stereocenters. The third-order valence-electron chi connectivity index (χ3n) is 7.28. The number of anilines is 1. The Balaban J connectivity index is 1.33. The molecular formula is C24H28Cl2N2O. The summed E-state index contributed by atoms with van der Waals surface area (Å²) in [5, 5.41) is 1.11. The Kier molecular flexibility index (Phi) is 5.18. The molecule has 0 bridgehead atoms. The van der Waals surface area contributed by atoms with Crippen LogP contribution in [0.5, 0.6) is 5.75 Å².